The van der Waals surface area contributed by atoms with E-state index in [4.69, 9.17) is 21.1 Å². The largest absolute Gasteiger partial charge is 0.497 e. The molecule has 1 heterocycles. The van der Waals surface area contributed by atoms with Crippen LogP contribution >= 0.6 is 11.6 Å². The van der Waals surface area contributed by atoms with Gasteiger partial charge in [0.2, 0.25) is 15.9 Å². The molecule has 218 valence electrons. The van der Waals surface area contributed by atoms with Gasteiger partial charge in [-0.1, -0.05) is 74.8 Å². The Morgan fingerprint density at radius 2 is 1.66 bits per heavy atom. The predicted molar refractivity (Wildman–Crippen MR) is 157 cm³/mol. The van der Waals surface area contributed by atoms with E-state index in [1.807, 2.05) is 36.4 Å². The van der Waals surface area contributed by atoms with Crippen LogP contribution in [0.4, 0.5) is 0 Å². The normalized spacial score (nSPS) is 19.5. The van der Waals surface area contributed by atoms with Crippen LogP contribution in [0, 0.1) is 5.92 Å². The summed E-state index contributed by atoms with van der Waals surface area (Å²) in [5.41, 5.74) is 2.31. The van der Waals surface area contributed by atoms with Crippen molar-refractivity contribution in [1.82, 2.24) is 9.62 Å². The van der Waals surface area contributed by atoms with Crippen molar-refractivity contribution in [2.45, 2.75) is 56.1 Å². The molecule has 1 saturated heterocycles. The zero-order valence-electron chi connectivity index (χ0n) is 23.8. The summed E-state index contributed by atoms with van der Waals surface area (Å²) in [6.07, 6.45) is -0.0490. The second kappa shape index (κ2) is 12.2. The Labute approximate surface area is 246 Å². The first-order chi connectivity index (χ1) is 19.4. The van der Waals surface area contributed by atoms with Gasteiger partial charge in [-0.25, -0.2) is 8.42 Å². The summed E-state index contributed by atoms with van der Waals surface area (Å²) in [7, 11) is -1.47. The van der Waals surface area contributed by atoms with E-state index in [2.05, 4.69) is 26.1 Å². The van der Waals surface area contributed by atoms with E-state index >= 15 is 0 Å². The van der Waals surface area contributed by atoms with Crippen LogP contribution in [-0.2, 0) is 36.3 Å². The maximum atomic E-state index is 14.2. The molecule has 10 heteroatoms. The fourth-order valence-corrected chi connectivity index (χ4v) is 7.23. The number of halogens is 1. The Bertz CT molecular complexity index is 1500. The summed E-state index contributed by atoms with van der Waals surface area (Å²) in [4.78, 5) is 26.7. The molecular weight excluding hydrogens is 564 g/mol. The highest BCUT2D eigenvalue weighted by Crippen LogP contribution is 2.46. The number of rotatable bonds is 8. The van der Waals surface area contributed by atoms with E-state index in [1.54, 1.807) is 25.3 Å². The third kappa shape index (κ3) is 6.58. The molecule has 41 heavy (non-hydrogen) atoms. The number of carbonyl (C=O) groups excluding carboxylic acids is 2. The van der Waals surface area contributed by atoms with Gasteiger partial charge in [0, 0.05) is 11.6 Å². The highest BCUT2D eigenvalue weighted by molar-refractivity contribution is 7.89. The first kappa shape index (κ1) is 30.6. The van der Waals surface area contributed by atoms with E-state index in [0.717, 1.165) is 15.4 Å². The van der Waals surface area contributed by atoms with Gasteiger partial charge in [0.1, 0.15) is 11.8 Å². The highest BCUT2D eigenvalue weighted by Gasteiger charge is 2.54. The maximum Gasteiger partial charge on any atom is 0.310 e. The Morgan fingerprint density at radius 3 is 2.22 bits per heavy atom. The Hall–Kier alpha value is -3.40. The van der Waals surface area contributed by atoms with Gasteiger partial charge in [-0.15, -0.1) is 0 Å². The summed E-state index contributed by atoms with van der Waals surface area (Å²) in [6, 6.07) is 18.4. The second-order valence-electron chi connectivity index (χ2n) is 11.1. The molecular formula is C31H35ClN2O6S. The number of nitrogens with zero attached hydrogens (tertiary/aromatic N) is 1. The molecule has 3 aromatic rings. The molecule has 4 rings (SSSR count). The minimum atomic E-state index is -4.29. The molecule has 3 aromatic carbocycles. The predicted octanol–water partition coefficient (Wildman–Crippen LogP) is 5.26. The maximum absolute atomic E-state index is 14.2. The van der Waals surface area contributed by atoms with Crippen LogP contribution in [-0.4, -0.2) is 44.9 Å². The molecule has 1 fully saturated rings. The summed E-state index contributed by atoms with van der Waals surface area (Å²) in [5.74, 6) is -1.34. The third-order valence-corrected chi connectivity index (χ3v) is 9.48. The summed E-state index contributed by atoms with van der Waals surface area (Å²) < 4.78 is 39.9. The number of carbonyl (C=O) groups is 2. The van der Waals surface area contributed by atoms with Gasteiger partial charge in [-0.2, -0.15) is 4.31 Å². The lowest BCUT2D eigenvalue weighted by Crippen LogP contribution is -2.46. The third-order valence-electron chi connectivity index (χ3n) is 7.36. The van der Waals surface area contributed by atoms with Crippen molar-refractivity contribution in [3.8, 4) is 5.75 Å². The van der Waals surface area contributed by atoms with Crippen molar-refractivity contribution in [1.29, 1.82) is 0 Å². The smallest absolute Gasteiger partial charge is 0.310 e. The average Bonchev–Trinajstić information content (AvgIpc) is 3.37. The van der Waals surface area contributed by atoms with Crippen molar-refractivity contribution in [2.24, 2.45) is 5.92 Å². The van der Waals surface area contributed by atoms with Crippen molar-refractivity contribution >= 4 is 33.5 Å². The van der Waals surface area contributed by atoms with Crippen LogP contribution in [0.5, 0.6) is 5.75 Å². The lowest BCUT2D eigenvalue weighted by Gasteiger charge is -2.31. The van der Waals surface area contributed by atoms with Crippen LogP contribution in [0.3, 0.4) is 0 Å². The standard InChI is InChI=1S/C31H35ClN2O6S/c1-31(2,3)22-13-11-21(12-14-22)28-26(30(36)40-5)18-27(29(35)33-19-20-9-15-24(39-4)16-10-20)34(28)41(37,38)25-8-6-7-23(32)17-25/h6-17,26-28H,18-19H2,1-5H3,(H,33,35). The van der Waals surface area contributed by atoms with Gasteiger partial charge < -0.3 is 14.8 Å². The Morgan fingerprint density at radius 1 is 1.00 bits per heavy atom. The highest BCUT2D eigenvalue weighted by atomic mass is 35.5. The fraction of sp³-hybridized carbons (Fsp3) is 0.355. The molecule has 3 atom stereocenters. The number of sulfonamides is 1. The summed E-state index contributed by atoms with van der Waals surface area (Å²) in [5, 5.41) is 3.10. The van der Waals surface area contributed by atoms with E-state index in [9.17, 15) is 18.0 Å². The topological polar surface area (TPSA) is 102 Å². The van der Waals surface area contributed by atoms with Gasteiger partial charge in [0.25, 0.3) is 0 Å². The number of esters is 1. The number of amides is 1. The second-order valence-corrected chi connectivity index (χ2v) is 13.3. The molecule has 8 nitrogen and oxygen atoms in total. The molecule has 0 aromatic heterocycles. The number of methoxy groups -OCH3 is 2. The van der Waals surface area contributed by atoms with Crippen molar-refractivity contribution in [3.05, 3.63) is 94.5 Å². The van der Waals surface area contributed by atoms with Crippen LogP contribution in [0.1, 0.15) is 49.9 Å². The van der Waals surface area contributed by atoms with Crippen LogP contribution < -0.4 is 10.1 Å². The zero-order valence-corrected chi connectivity index (χ0v) is 25.3. The minimum absolute atomic E-state index is 0.0490. The van der Waals surface area contributed by atoms with Crippen LogP contribution in [0.2, 0.25) is 5.02 Å². The lowest BCUT2D eigenvalue weighted by molar-refractivity contribution is -0.146. The average molecular weight is 599 g/mol. The number of hydrogen-bond donors (Lipinski definition) is 1. The molecule has 1 amide bonds. The molecule has 1 N–H and O–H groups in total. The lowest BCUT2D eigenvalue weighted by atomic mass is 9.85. The molecule has 0 bridgehead atoms. The molecule has 0 aliphatic carbocycles. The van der Waals surface area contributed by atoms with E-state index in [0.29, 0.717) is 11.3 Å². The monoisotopic (exact) mass is 598 g/mol. The Balaban J connectivity index is 1.78. The number of nitrogens with one attached hydrogen (secondary N) is 1. The minimum Gasteiger partial charge on any atom is -0.497 e. The molecule has 3 unspecified atom stereocenters. The SMILES string of the molecule is COC(=O)C1CC(C(=O)NCc2ccc(OC)cc2)N(S(=O)(=O)c2cccc(Cl)c2)C1c1ccc(C(C)(C)C)cc1. The Kier molecular flexibility index (Phi) is 9.11. The van der Waals surface area contributed by atoms with E-state index in [1.165, 1.54) is 25.3 Å². The number of hydrogen-bond acceptors (Lipinski definition) is 6. The quantitative estimate of drug-likeness (QED) is 0.355. The summed E-state index contributed by atoms with van der Waals surface area (Å²) in [6.45, 7) is 6.40. The first-order valence-corrected chi connectivity index (χ1v) is 15.1. The zero-order chi connectivity index (χ0) is 29.9. The van der Waals surface area contributed by atoms with E-state index < -0.39 is 39.9 Å². The van der Waals surface area contributed by atoms with Gasteiger partial charge in [0.05, 0.1) is 31.1 Å². The van der Waals surface area contributed by atoms with Crippen LogP contribution in [0.15, 0.2) is 77.7 Å². The molecule has 0 saturated carbocycles. The summed E-state index contributed by atoms with van der Waals surface area (Å²) >= 11 is 6.17. The number of ether oxygens (including phenoxy) is 2. The van der Waals surface area contributed by atoms with E-state index in [-0.39, 0.29) is 28.3 Å². The van der Waals surface area contributed by atoms with Gasteiger partial charge in [-0.3, -0.25) is 9.59 Å². The molecule has 0 spiro atoms. The van der Waals surface area contributed by atoms with Gasteiger partial charge >= 0.3 is 5.97 Å². The van der Waals surface area contributed by atoms with Crippen molar-refractivity contribution in [2.75, 3.05) is 14.2 Å². The first-order valence-electron chi connectivity index (χ1n) is 13.2. The van der Waals surface area contributed by atoms with Gasteiger partial charge in [0.15, 0.2) is 0 Å². The van der Waals surface area contributed by atoms with Crippen molar-refractivity contribution in [3.63, 3.8) is 0 Å². The fourth-order valence-electron chi connectivity index (χ4n) is 5.12. The molecule has 1 aliphatic heterocycles. The number of benzene rings is 3. The van der Waals surface area contributed by atoms with Crippen molar-refractivity contribution < 1.29 is 27.5 Å². The van der Waals surface area contributed by atoms with Gasteiger partial charge in [-0.05, 0) is 58.9 Å². The molecule has 0 radical (unpaired) electrons. The molecule has 1 aliphatic rings. The van der Waals surface area contributed by atoms with Crippen LogP contribution in [0.25, 0.3) is 0 Å².